The number of aryl methyl sites for hydroxylation is 1. The van der Waals surface area contributed by atoms with Crippen LogP contribution in [0.1, 0.15) is 30.5 Å². The van der Waals surface area contributed by atoms with Crippen LogP contribution >= 0.6 is 11.3 Å². The van der Waals surface area contributed by atoms with Crippen molar-refractivity contribution in [3.63, 3.8) is 0 Å². The second-order valence-electron chi connectivity index (χ2n) is 4.32. The zero-order chi connectivity index (χ0) is 15.8. The Hall–Kier alpha value is -2.15. The van der Waals surface area contributed by atoms with Crippen LogP contribution in [0.3, 0.4) is 0 Å². The summed E-state index contributed by atoms with van der Waals surface area (Å²) >= 11 is 1.10. The van der Waals surface area contributed by atoms with Gasteiger partial charge in [0.25, 0.3) is 0 Å². The molecule has 1 aromatic carbocycles. The van der Waals surface area contributed by atoms with Gasteiger partial charge in [-0.05, 0) is 36.8 Å². The molecule has 1 N–H and O–H groups in total. The molecule has 0 atom stereocenters. The number of carbonyl (C=O) groups excluding carboxylic acids is 1. The quantitative estimate of drug-likeness (QED) is 0.862. The van der Waals surface area contributed by atoms with Crippen LogP contribution in [0.15, 0.2) is 24.3 Å². The van der Waals surface area contributed by atoms with E-state index in [4.69, 9.17) is 5.11 Å². The number of benzene rings is 1. The molecule has 0 spiro atoms. The number of carboxylic acid groups (broad SMARTS) is 1. The predicted octanol–water partition coefficient (Wildman–Crippen LogP) is 4.25. The zero-order valence-electron chi connectivity index (χ0n) is 10.7. The maximum atomic E-state index is 12.8. The molecule has 2 rings (SSSR count). The van der Waals surface area contributed by atoms with Crippen LogP contribution in [-0.4, -0.2) is 17.4 Å². The van der Waals surface area contributed by atoms with Crippen molar-refractivity contribution in [3.8, 4) is 11.1 Å². The SMILES string of the molecule is Cc1cc(-c2cc(C(F)(F)F)ccc2C(=O)O)c(C=O)s1. The molecule has 0 aliphatic carbocycles. The molecule has 3 nitrogen and oxygen atoms in total. The lowest BCUT2D eigenvalue weighted by molar-refractivity contribution is -0.137. The summed E-state index contributed by atoms with van der Waals surface area (Å²) in [6.45, 7) is 1.69. The molecular formula is C14H9F3O3S. The van der Waals surface area contributed by atoms with Crippen molar-refractivity contribution in [2.75, 3.05) is 0 Å². The van der Waals surface area contributed by atoms with E-state index < -0.39 is 17.7 Å². The van der Waals surface area contributed by atoms with Gasteiger partial charge < -0.3 is 5.11 Å². The highest BCUT2D eigenvalue weighted by Gasteiger charge is 2.32. The molecule has 2 aromatic rings. The summed E-state index contributed by atoms with van der Waals surface area (Å²) in [5, 5.41) is 9.12. The molecule has 110 valence electrons. The summed E-state index contributed by atoms with van der Waals surface area (Å²) in [5.74, 6) is -1.35. The van der Waals surface area contributed by atoms with Gasteiger partial charge >= 0.3 is 12.1 Å². The van der Waals surface area contributed by atoms with E-state index in [1.54, 1.807) is 6.92 Å². The normalized spacial score (nSPS) is 11.4. The van der Waals surface area contributed by atoms with Crippen molar-refractivity contribution < 1.29 is 27.9 Å². The largest absolute Gasteiger partial charge is 0.478 e. The Morgan fingerprint density at radius 2 is 1.90 bits per heavy atom. The molecule has 0 saturated carbocycles. The number of thiophene rings is 1. The van der Waals surface area contributed by atoms with E-state index in [1.165, 1.54) is 6.07 Å². The Morgan fingerprint density at radius 1 is 1.24 bits per heavy atom. The number of hydrogen-bond acceptors (Lipinski definition) is 3. The van der Waals surface area contributed by atoms with Gasteiger partial charge in [0.15, 0.2) is 6.29 Å². The lowest BCUT2D eigenvalue weighted by atomic mass is 9.97. The molecule has 1 aromatic heterocycles. The summed E-state index contributed by atoms with van der Waals surface area (Å²) in [4.78, 5) is 23.1. The highest BCUT2D eigenvalue weighted by Crippen LogP contribution is 2.37. The molecule has 0 aliphatic heterocycles. The number of alkyl halides is 3. The van der Waals surface area contributed by atoms with Gasteiger partial charge in [-0.1, -0.05) is 0 Å². The summed E-state index contributed by atoms with van der Waals surface area (Å²) in [5.41, 5.74) is -1.13. The minimum Gasteiger partial charge on any atom is -0.478 e. The van der Waals surface area contributed by atoms with E-state index >= 15 is 0 Å². The fourth-order valence-electron chi connectivity index (χ4n) is 1.96. The lowest BCUT2D eigenvalue weighted by Crippen LogP contribution is -2.08. The van der Waals surface area contributed by atoms with Gasteiger partial charge in [0, 0.05) is 10.4 Å². The third kappa shape index (κ3) is 2.97. The van der Waals surface area contributed by atoms with Crippen LogP contribution in [-0.2, 0) is 6.18 Å². The van der Waals surface area contributed by atoms with Gasteiger partial charge in [0.2, 0.25) is 0 Å². The Morgan fingerprint density at radius 3 is 2.43 bits per heavy atom. The van der Waals surface area contributed by atoms with Gasteiger partial charge in [-0.15, -0.1) is 11.3 Å². The molecular weight excluding hydrogens is 305 g/mol. The Bertz CT molecular complexity index is 717. The van der Waals surface area contributed by atoms with Gasteiger partial charge in [0.1, 0.15) is 0 Å². The summed E-state index contributed by atoms with van der Waals surface area (Å²) in [7, 11) is 0. The number of carboxylic acids is 1. The van der Waals surface area contributed by atoms with Crippen molar-refractivity contribution in [2.24, 2.45) is 0 Å². The van der Waals surface area contributed by atoms with E-state index in [2.05, 4.69) is 0 Å². The van der Waals surface area contributed by atoms with Gasteiger partial charge in [0.05, 0.1) is 16.0 Å². The Kier molecular flexibility index (Phi) is 3.87. The molecule has 0 bridgehead atoms. The Labute approximate surface area is 121 Å². The van der Waals surface area contributed by atoms with Crippen LogP contribution in [0.25, 0.3) is 11.1 Å². The minimum absolute atomic E-state index is 0.108. The van der Waals surface area contributed by atoms with Crippen molar-refractivity contribution in [1.82, 2.24) is 0 Å². The summed E-state index contributed by atoms with van der Waals surface area (Å²) < 4.78 is 38.4. The zero-order valence-corrected chi connectivity index (χ0v) is 11.5. The van der Waals surface area contributed by atoms with E-state index in [9.17, 15) is 22.8 Å². The first kappa shape index (κ1) is 15.2. The third-order valence-corrected chi connectivity index (χ3v) is 3.83. The second-order valence-corrected chi connectivity index (χ2v) is 5.60. The van der Waals surface area contributed by atoms with Crippen molar-refractivity contribution in [3.05, 3.63) is 45.1 Å². The van der Waals surface area contributed by atoms with Crippen LogP contribution in [0.4, 0.5) is 13.2 Å². The van der Waals surface area contributed by atoms with Crippen molar-refractivity contribution in [2.45, 2.75) is 13.1 Å². The highest BCUT2D eigenvalue weighted by atomic mass is 32.1. The fourth-order valence-corrected chi connectivity index (χ4v) is 2.81. The van der Waals surface area contributed by atoms with Crippen molar-refractivity contribution >= 4 is 23.6 Å². The molecule has 0 aliphatic rings. The summed E-state index contributed by atoms with van der Waals surface area (Å²) in [6, 6.07) is 3.89. The third-order valence-electron chi connectivity index (χ3n) is 2.86. The first-order valence-electron chi connectivity index (χ1n) is 5.74. The maximum absolute atomic E-state index is 12.8. The van der Waals surface area contributed by atoms with Gasteiger partial charge in [-0.3, -0.25) is 4.79 Å². The number of rotatable bonds is 3. The van der Waals surface area contributed by atoms with Gasteiger partial charge in [-0.2, -0.15) is 13.2 Å². The predicted molar refractivity (Wildman–Crippen MR) is 71.8 cm³/mol. The van der Waals surface area contributed by atoms with E-state index in [0.29, 0.717) is 17.2 Å². The number of aromatic carboxylic acids is 1. The average Bonchev–Trinajstić information content (AvgIpc) is 2.78. The highest BCUT2D eigenvalue weighted by molar-refractivity contribution is 7.14. The topological polar surface area (TPSA) is 54.4 Å². The van der Waals surface area contributed by atoms with Crippen LogP contribution in [0, 0.1) is 6.92 Å². The maximum Gasteiger partial charge on any atom is 0.416 e. The monoisotopic (exact) mass is 314 g/mol. The van der Waals surface area contributed by atoms with Crippen LogP contribution in [0.2, 0.25) is 0 Å². The smallest absolute Gasteiger partial charge is 0.416 e. The van der Waals surface area contributed by atoms with Crippen LogP contribution < -0.4 is 0 Å². The molecule has 0 radical (unpaired) electrons. The number of aldehydes is 1. The lowest BCUT2D eigenvalue weighted by Gasteiger charge is -2.11. The standard InChI is InChI=1S/C14H9F3O3S/c1-7-4-11(12(6-18)21-7)10-5-8(14(15,16)17)2-3-9(10)13(19)20/h2-6H,1H3,(H,19,20). The Balaban J connectivity index is 2.74. The number of carbonyl (C=O) groups is 2. The molecule has 0 fully saturated rings. The van der Waals surface area contributed by atoms with Gasteiger partial charge in [-0.25, -0.2) is 4.79 Å². The summed E-state index contributed by atoms with van der Waals surface area (Å²) in [6.07, 6.45) is -4.07. The first-order chi connectivity index (χ1) is 9.74. The first-order valence-corrected chi connectivity index (χ1v) is 6.56. The molecule has 0 saturated heterocycles. The second kappa shape index (κ2) is 5.33. The van der Waals surface area contributed by atoms with E-state index in [-0.39, 0.29) is 21.6 Å². The molecule has 0 unspecified atom stereocenters. The molecule has 21 heavy (non-hydrogen) atoms. The average molecular weight is 314 g/mol. The van der Waals surface area contributed by atoms with Crippen LogP contribution in [0.5, 0.6) is 0 Å². The minimum atomic E-state index is -4.59. The number of halogens is 3. The number of hydrogen-bond donors (Lipinski definition) is 1. The van der Waals surface area contributed by atoms with E-state index in [1.807, 2.05) is 0 Å². The molecule has 1 heterocycles. The van der Waals surface area contributed by atoms with Crippen molar-refractivity contribution in [1.29, 1.82) is 0 Å². The fraction of sp³-hybridized carbons (Fsp3) is 0.143. The molecule has 0 amide bonds. The van der Waals surface area contributed by atoms with E-state index in [0.717, 1.165) is 23.5 Å². The molecule has 7 heteroatoms.